The second kappa shape index (κ2) is 8.68. The molecule has 4 heteroatoms. The van der Waals surface area contributed by atoms with Gasteiger partial charge in [0.2, 0.25) is 0 Å². The maximum atomic E-state index is 12.8. The Morgan fingerprint density at radius 2 is 1.68 bits per heavy atom. The molecule has 0 bridgehead atoms. The molecule has 0 atom stereocenters. The number of likely N-dealkylation sites (tertiary alicyclic amines) is 1. The van der Waals surface area contributed by atoms with Gasteiger partial charge in [0.05, 0.1) is 7.11 Å². The van der Waals surface area contributed by atoms with Gasteiger partial charge in [-0.1, -0.05) is 32.9 Å². The zero-order valence-corrected chi connectivity index (χ0v) is 17.5. The Hall–Kier alpha value is -2.49. The minimum absolute atomic E-state index is 0.0955. The van der Waals surface area contributed by atoms with Crippen LogP contribution in [0.25, 0.3) is 0 Å². The molecule has 1 aliphatic heterocycles. The standard InChI is InChI=1S/C24H31NO3/c1-24(2,3)20-9-11-21(12-10-20)28-17-19-16-18(8-13-22(19)27-4)23(26)25-14-6-5-7-15-25/h8-13,16H,5-7,14-15,17H2,1-4H3. The summed E-state index contributed by atoms with van der Waals surface area (Å²) in [5.74, 6) is 1.64. The van der Waals surface area contributed by atoms with Crippen LogP contribution < -0.4 is 9.47 Å². The van der Waals surface area contributed by atoms with E-state index >= 15 is 0 Å². The van der Waals surface area contributed by atoms with Crippen molar-refractivity contribution in [3.63, 3.8) is 0 Å². The number of carbonyl (C=O) groups excluding carboxylic acids is 1. The maximum Gasteiger partial charge on any atom is 0.253 e. The van der Waals surface area contributed by atoms with Crippen LogP contribution in [-0.4, -0.2) is 31.0 Å². The van der Waals surface area contributed by atoms with Gasteiger partial charge < -0.3 is 14.4 Å². The smallest absolute Gasteiger partial charge is 0.253 e. The van der Waals surface area contributed by atoms with Crippen LogP contribution in [-0.2, 0) is 12.0 Å². The number of carbonyl (C=O) groups is 1. The Morgan fingerprint density at radius 1 is 1.00 bits per heavy atom. The van der Waals surface area contributed by atoms with Crippen molar-refractivity contribution in [2.24, 2.45) is 0 Å². The summed E-state index contributed by atoms with van der Waals surface area (Å²) in [6.45, 7) is 8.63. The molecule has 1 aliphatic rings. The van der Waals surface area contributed by atoms with Gasteiger partial charge in [-0.3, -0.25) is 4.79 Å². The third-order valence-electron chi connectivity index (χ3n) is 5.29. The van der Waals surface area contributed by atoms with Crippen LogP contribution >= 0.6 is 0 Å². The highest BCUT2D eigenvalue weighted by atomic mass is 16.5. The molecule has 0 saturated carbocycles. The van der Waals surface area contributed by atoms with Gasteiger partial charge in [0, 0.05) is 24.2 Å². The summed E-state index contributed by atoms with van der Waals surface area (Å²) in [7, 11) is 1.64. The first-order valence-corrected chi connectivity index (χ1v) is 10.1. The predicted octanol–water partition coefficient (Wildman–Crippen LogP) is 5.20. The largest absolute Gasteiger partial charge is 0.496 e. The van der Waals surface area contributed by atoms with Gasteiger partial charge in [0.15, 0.2) is 0 Å². The fourth-order valence-corrected chi connectivity index (χ4v) is 3.52. The van der Waals surface area contributed by atoms with Crippen LogP contribution in [0.2, 0.25) is 0 Å². The van der Waals surface area contributed by atoms with Crippen LogP contribution in [0.1, 0.15) is 61.5 Å². The van der Waals surface area contributed by atoms with Gasteiger partial charge in [-0.05, 0) is 60.6 Å². The lowest BCUT2D eigenvalue weighted by atomic mass is 9.87. The van der Waals surface area contributed by atoms with Crippen molar-refractivity contribution in [1.29, 1.82) is 0 Å². The van der Waals surface area contributed by atoms with Crippen LogP contribution in [0.4, 0.5) is 0 Å². The maximum absolute atomic E-state index is 12.8. The Balaban J connectivity index is 1.72. The number of ether oxygens (including phenoxy) is 2. The van der Waals surface area contributed by atoms with E-state index in [9.17, 15) is 4.79 Å². The highest BCUT2D eigenvalue weighted by molar-refractivity contribution is 5.94. The minimum atomic E-state index is 0.0955. The fraction of sp³-hybridized carbons (Fsp3) is 0.458. The van der Waals surface area contributed by atoms with E-state index in [2.05, 4.69) is 32.9 Å². The molecule has 0 aliphatic carbocycles. The Bertz CT molecular complexity index is 800. The molecule has 1 fully saturated rings. The third-order valence-corrected chi connectivity index (χ3v) is 5.29. The van der Waals surface area contributed by atoms with Crippen molar-refractivity contribution in [1.82, 2.24) is 4.90 Å². The molecule has 4 nitrogen and oxygen atoms in total. The highest BCUT2D eigenvalue weighted by Crippen LogP contribution is 2.26. The molecule has 1 heterocycles. The van der Waals surface area contributed by atoms with E-state index in [1.54, 1.807) is 7.11 Å². The average Bonchev–Trinajstić information content (AvgIpc) is 2.71. The lowest BCUT2D eigenvalue weighted by Crippen LogP contribution is -2.35. The van der Waals surface area contributed by atoms with Crippen molar-refractivity contribution in [2.45, 2.75) is 52.1 Å². The molecule has 0 spiro atoms. The lowest BCUT2D eigenvalue weighted by Gasteiger charge is -2.27. The summed E-state index contributed by atoms with van der Waals surface area (Å²) in [6, 6.07) is 13.8. The molecular weight excluding hydrogens is 350 g/mol. The van der Waals surface area contributed by atoms with E-state index in [4.69, 9.17) is 9.47 Å². The summed E-state index contributed by atoms with van der Waals surface area (Å²) in [6.07, 6.45) is 3.38. The second-order valence-corrected chi connectivity index (χ2v) is 8.44. The molecule has 0 aromatic heterocycles. The Labute approximate surface area is 168 Å². The SMILES string of the molecule is COc1ccc(C(=O)N2CCCCC2)cc1COc1ccc(C(C)(C)C)cc1. The normalized spacial score (nSPS) is 14.6. The zero-order valence-electron chi connectivity index (χ0n) is 17.5. The Kier molecular flexibility index (Phi) is 6.28. The third kappa shape index (κ3) is 4.86. The van der Waals surface area contributed by atoms with Crippen molar-refractivity contribution in [3.8, 4) is 11.5 Å². The van der Waals surface area contributed by atoms with E-state index in [0.29, 0.717) is 12.2 Å². The van der Waals surface area contributed by atoms with Gasteiger partial charge in [0.25, 0.3) is 5.91 Å². The highest BCUT2D eigenvalue weighted by Gasteiger charge is 2.19. The first-order valence-electron chi connectivity index (χ1n) is 10.1. The van der Waals surface area contributed by atoms with E-state index in [1.165, 1.54) is 12.0 Å². The van der Waals surface area contributed by atoms with Gasteiger partial charge >= 0.3 is 0 Å². The summed E-state index contributed by atoms with van der Waals surface area (Å²) in [4.78, 5) is 14.7. The molecule has 150 valence electrons. The fourth-order valence-electron chi connectivity index (χ4n) is 3.52. The van der Waals surface area contributed by atoms with E-state index < -0.39 is 0 Å². The monoisotopic (exact) mass is 381 g/mol. The van der Waals surface area contributed by atoms with Crippen molar-refractivity contribution >= 4 is 5.91 Å². The van der Waals surface area contributed by atoms with Gasteiger partial charge in [-0.15, -0.1) is 0 Å². The van der Waals surface area contributed by atoms with E-state index in [-0.39, 0.29) is 11.3 Å². The number of piperidine rings is 1. The van der Waals surface area contributed by atoms with Crippen LogP contribution in [0.15, 0.2) is 42.5 Å². The summed E-state index contributed by atoms with van der Waals surface area (Å²) < 4.78 is 11.5. The molecule has 1 amide bonds. The van der Waals surface area contributed by atoms with Crippen LogP contribution in [0, 0.1) is 0 Å². The topological polar surface area (TPSA) is 38.8 Å². The molecule has 2 aromatic rings. The second-order valence-electron chi connectivity index (χ2n) is 8.44. The minimum Gasteiger partial charge on any atom is -0.496 e. The summed E-state index contributed by atoms with van der Waals surface area (Å²) >= 11 is 0. The van der Waals surface area contributed by atoms with Gasteiger partial charge in [-0.2, -0.15) is 0 Å². The molecule has 2 aromatic carbocycles. The molecule has 0 N–H and O–H groups in total. The zero-order chi connectivity index (χ0) is 20.1. The molecule has 3 rings (SSSR count). The Morgan fingerprint density at radius 3 is 2.29 bits per heavy atom. The lowest BCUT2D eigenvalue weighted by molar-refractivity contribution is 0.0724. The van der Waals surface area contributed by atoms with Crippen molar-refractivity contribution in [2.75, 3.05) is 20.2 Å². The predicted molar refractivity (Wildman–Crippen MR) is 112 cm³/mol. The molecule has 0 unspecified atom stereocenters. The number of rotatable bonds is 5. The molecule has 1 saturated heterocycles. The van der Waals surface area contributed by atoms with E-state index in [0.717, 1.165) is 43.0 Å². The van der Waals surface area contributed by atoms with Gasteiger partial charge in [0.1, 0.15) is 18.1 Å². The number of methoxy groups -OCH3 is 1. The number of hydrogen-bond acceptors (Lipinski definition) is 3. The van der Waals surface area contributed by atoms with Crippen LogP contribution in [0.3, 0.4) is 0 Å². The average molecular weight is 382 g/mol. The number of amides is 1. The summed E-state index contributed by atoms with van der Waals surface area (Å²) in [5, 5.41) is 0. The summed E-state index contributed by atoms with van der Waals surface area (Å²) in [5.41, 5.74) is 2.96. The molecule has 28 heavy (non-hydrogen) atoms. The first-order chi connectivity index (χ1) is 13.4. The number of benzene rings is 2. The molecular formula is C24H31NO3. The van der Waals surface area contributed by atoms with Crippen molar-refractivity contribution < 1.29 is 14.3 Å². The first kappa shape index (κ1) is 20.2. The van der Waals surface area contributed by atoms with E-state index in [1.807, 2.05) is 35.2 Å². The quantitative estimate of drug-likeness (QED) is 0.715. The van der Waals surface area contributed by atoms with Gasteiger partial charge in [-0.25, -0.2) is 0 Å². The van der Waals surface area contributed by atoms with Crippen molar-refractivity contribution in [3.05, 3.63) is 59.2 Å². The van der Waals surface area contributed by atoms with Crippen LogP contribution in [0.5, 0.6) is 11.5 Å². The number of hydrogen-bond donors (Lipinski definition) is 0. The molecule has 0 radical (unpaired) electrons. The number of nitrogens with zero attached hydrogens (tertiary/aromatic N) is 1.